The Balaban J connectivity index is 2.09. The normalized spacial score (nSPS) is 13.6. The van der Waals surface area contributed by atoms with E-state index >= 15 is 0 Å². The Labute approximate surface area is 124 Å². The minimum absolute atomic E-state index is 0.180. The zero-order valence-corrected chi connectivity index (χ0v) is 12.3. The first-order chi connectivity index (χ1) is 9.60. The minimum atomic E-state index is -0.246. The van der Waals surface area contributed by atoms with Gasteiger partial charge in [0.05, 0.1) is 13.2 Å². The second-order valence-corrected chi connectivity index (χ2v) is 5.02. The molecule has 106 valence electrons. The average Bonchev–Trinajstić information content (AvgIpc) is 2.46. The monoisotopic (exact) mass is 291 g/mol. The molecule has 0 aliphatic heterocycles. The third kappa shape index (κ3) is 3.65. The number of hydrogen-bond acceptors (Lipinski definition) is 3. The Bertz CT molecular complexity index is 574. The van der Waals surface area contributed by atoms with Gasteiger partial charge in [-0.3, -0.25) is 0 Å². The van der Waals surface area contributed by atoms with E-state index in [2.05, 4.69) is 0 Å². The maximum Gasteiger partial charge on any atom is 0.121 e. The number of methoxy groups -OCH3 is 1. The number of ether oxygens (including phenoxy) is 2. The van der Waals surface area contributed by atoms with E-state index in [-0.39, 0.29) is 12.1 Å². The lowest BCUT2D eigenvalue weighted by Gasteiger charge is -2.22. The van der Waals surface area contributed by atoms with Gasteiger partial charge in [-0.1, -0.05) is 29.8 Å². The van der Waals surface area contributed by atoms with Crippen LogP contribution in [0.5, 0.6) is 11.5 Å². The molecule has 2 rings (SSSR count). The number of nitrogens with two attached hydrogens (primary N) is 1. The van der Waals surface area contributed by atoms with Crippen LogP contribution in [0.4, 0.5) is 0 Å². The first kappa shape index (κ1) is 14.7. The first-order valence-corrected chi connectivity index (χ1v) is 6.79. The third-order valence-electron chi connectivity index (χ3n) is 3.10. The smallest absolute Gasteiger partial charge is 0.121 e. The standard InChI is InChI=1S/C16H18ClNO2/c1-11(20-15-8-4-6-13(17)10-15)16(18)12-5-3-7-14(9-12)19-2/h3-11,16H,18H2,1-2H3. The lowest BCUT2D eigenvalue weighted by molar-refractivity contribution is 0.190. The summed E-state index contributed by atoms with van der Waals surface area (Å²) in [4.78, 5) is 0. The second-order valence-electron chi connectivity index (χ2n) is 4.58. The fourth-order valence-corrected chi connectivity index (χ4v) is 2.13. The van der Waals surface area contributed by atoms with Gasteiger partial charge in [-0.15, -0.1) is 0 Å². The molecule has 2 unspecified atom stereocenters. The van der Waals surface area contributed by atoms with Crippen molar-refractivity contribution >= 4 is 11.6 Å². The lowest BCUT2D eigenvalue weighted by atomic mass is 10.0. The summed E-state index contributed by atoms with van der Waals surface area (Å²) >= 11 is 5.94. The van der Waals surface area contributed by atoms with E-state index in [1.165, 1.54) is 0 Å². The molecule has 20 heavy (non-hydrogen) atoms. The van der Waals surface area contributed by atoms with Crippen molar-refractivity contribution in [3.8, 4) is 11.5 Å². The minimum Gasteiger partial charge on any atom is -0.497 e. The van der Waals surface area contributed by atoms with Gasteiger partial charge in [0.15, 0.2) is 0 Å². The van der Waals surface area contributed by atoms with E-state index in [1.807, 2.05) is 43.3 Å². The summed E-state index contributed by atoms with van der Waals surface area (Å²) in [6.45, 7) is 1.94. The summed E-state index contributed by atoms with van der Waals surface area (Å²) in [5, 5.41) is 0.643. The average molecular weight is 292 g/mol. The Kier molecular flexibility index (Phi) is 4.88. The highest BCUT2D eigenvalue weighted by atomic mass is 35.5. The van der Waals surface area contributed by atoms with Crippen LogP contribution in [0.3, 0.4) is 0 Å². The molecular weight excluding hydrogens is 274 g/mol. The van der Waals surface area contributed by atoms with Gasteiger partial charge in [0, 0.05) is 5.02 Å². The molecule has 0 heterocycles. The van der Waals surface area contributed by atoms with Crippen molar-refractivity contribution in [2.24, 2.45) is 5.73 Å². The Morgan fingerprint density at radius 1 is 1.05 bits per heavy atom. The van der Waals surface area contributed by atoms with Crippen molar-refractivity contribution in [2.45, 2.75) is 19.1 Å². The fraction of sp³-hybridized carbons (Fsp3) is 0.250. The molecule has 0 spiro atoms. The van der Waals surface area contributed by atoms with Crippen LogP contribution in [0.1, 0.15) is 18.5 Å². The van der Waals surface area contributed by atoms with Crippen LogP contribution < -0.4 is 15.2 Å². The Morgan fingerprint density at radius 2 is 1.75 bits per heavy atom. The predicted molar refractivity (Wildman–Crippen MR) is 81.5 cm³/mol. The van der Waals surface area contributed by atoms with Crippen molar-refractivity contribution in [1.29, 1.82) is 0 Å². The molecule has 3 nitrogen and oxygen atoms in total. The van der Waals surface area contributed by atoms with Crippen molar-refractivity contribution in [2.75, 3.05) is 7.11 Å². The van der Waals surface area contributed by atoms with Crippen LogP contribution in [0.15, 0.2) is 48.5 Å². The van der Waals surface area contributed by atoms with Crippen molar-refractivity contribution < 1.29 is 9.47 Å². The molecule has 0 saturated heterocycles. The van der Waals surface area contributed by atoms with Crippen LogP contribution in [0, 0.1) is 0 Å². The fourth-order valence-electron chi connectivity index (χ4n) is 1.95. The quantitative estimate of drug-likeness (QED) is 0.911. The summed E-state index contributed by atoms with van der Waals surface area (Å²) < 4.78 is 11.0. The molecule has 2 atom stereocenters. The molecule has 0 radical (unpaired) electrons. The summed E-state index contributed by atoms with van der Waals surface area (Å²) in [5.41, 5.74) is 7.21. The van der Waals surface area contributed by atoms with Gasteiger partial charge in [-0.2, -0.15) is 0 Å². The van der Waals surface area contributed by atoms with Crippen LogP contribution in [0.2, 0.25) is 5.02 Å². The highest BCUT2D eigenvalue weighted by Gasteiger charge is 2.17. The molecule has 4 heteroatoms. The molecule has 2 aromatic rings. The molecule has 0 aromatic heterocycles. The first-order valence-electron chi connectivity index (χ1n) is 6.42. The van der Waals surface area contributed by atoms with Gasteiger partial charge in [-0.05, 0) is 42.8 Å². The topological polar surface area (TPSA) is 44.5 Å². The summed E-state index contributed by atoms with van der Waals surface area (Å²) in [5.74, 6) is 1.50. The van der Waals surface area contributed by atoms with Crippen molar-refractivity contribution in [3.63, 3.8) is 0 Å². The summed E-state index contributed by atoms with van der Waals surface area (Å²) in [7, 11) is 1.64. The SMILES string of the molecule is COc1cccc(C(N)C(C)Oc2cccc(Cl)c2)c1. The molecule has 2 aromatic carbocycles. The van der Waals surface area contributed by atoms with Gasteiger partial charge in [-0.25, -0.2) is 0 Å². The van der Waals surface area contributed by atoms with Gasteiger partial charge in [0.1, 0.15) is 17.6 Å². The highest BCUT2D eigenvalue weighted by Crippen LogP contribution is 2.24. The van der Waals surface area contributed by atoms with Gasteiger partial charge in [0.25, 0.3) is 0 Å². The van der Waals surface area contributed by atoms with Gasteiger partial charge in [0.2, 0.25) is 0 Å². The van der Waals surface area contributed by atoms with Crippen LogP contribution in [-0.4, -0.2) is 13.2 Å². The highest BCUT2D eigenvalue weighted by molar-refractivity contribution is 6.30. The number of benzene rings is 2. The van der Waals surface area contributed by atoms with Crippen molar-refractivity contribution in [3.05, 3.63) is 59.1 Å². The summed E-state index contributed by atoms with van der Waals surface area (Å²) in [6.07, 6.45) is -0.180. The van der Waals surface area contributed by atoms with E-state index in [4.69, 9.17) is 26.8 Å². The van der Waals surface area contributed by atoms with Crippen LogP contribution in [0.25, 0.3) is 0 Å². The van der Waals surface area contributed by atoms with Crippen LogP contribution >= 0.6 is 11.6 Å². The maximum atomic E-state index is 6.23. The summed E-state index contributed by atoms with van der Waals surface area (Å²) in [6, 6.07) is 14.7. The molecular formula is C16H18ClNO2. The zero-order chi connectivity index (χ0) is 14.5. The van der Waals surface area contributed by atoms with E-state index in [0.29, 0.717) is 10.8 Å². The van der Waals surface area contributed by atoms with E-state index in [9.17, 15) is 0 Å². The molecule has 0 amide bonds. The molecule has 0 bridgehead atoms. The second kappa shape index (κ2) is 6.64. The molecule has 2 N–H and O–H groups in total. The largest absolute Gasteiger partial charge is 0.497 e. The molecule has 0 aliphatic carbocycles. The van der Waals surface area contributed by atoms with Gasteiger partial charge < -0.3 is 15.2 Å². The number of rotatable bonds is 5. The van der Waals surface area contributed by atoms with Crippen molar-refractivity contribution in [1.82, 2.24) is 0 Å². The van der Waals surface area contributed by atoms with E-state index < -0.39 is 0 Å². The van der Waals surface area contributed by atoms with Crippen LogP contribution in [-0.2, 0) is 0 Å². The molecule has 0 fully saturated rings. The van der Waals surface area contributed by atoms with E-state index in [0.717, 1.165) is 11.3 Å². The lowest BCUT2D eigenvalue weighted by Crippen LogP contribution is -2.28. The molecule has 0 saturated carbocycles. The third-order valence-corrected chi connectivity index (χ3v) is 3.34. The Morgan fingerprint density at radius 3 is 2.45 bits per heavy atom. The number of halogens is 1. The maximum absolute atomic E-state index is 6.23. The predicted octanol–water partition coefficient (Wildman–Crippen LogP) is 3.82. The van der Waals surface area contributed by atoms with E-state index in [1.54, 1.807) is 19.2 Å². The Hall–Kier alpha value is -1.71. The zero-order valence-electron chi connectivity index (χ0n) is 11.5. The number of hydrogen-bond donors (Lipinski definition) is 1. The van der Waals surface area contributed by atoms with Gasteiger partial charge >= 0.3 is 0 Å². The molecule has 0 aliphatic rings.